The highest BCUT2D eigenvalue weighted by Gasteiger charge is 2.34. The van der Waals surface area contributed by atoms with E-state index in [0.717, 1.165) is 22.2 Å². The maximum absolute atomic E-state index is 12.2. The molecule has 0 saturated carbocycles. The Morgan fingerprint density at radius 1 is 0.966 bits per heavy atom. The minimum absolute atomic E-state index is 0.00331. The molecule has 1 aliphatic rings. The lowest BCUT2D eigenvalue weighted by atomic mass is 10.1. The topological polar surface area (TPSA) is 92.8 Å². The Bertz CT molecular complexity index is 907. The molecule has 0 saturated heterocycles. The van der Waals surface area contributed by atoms with Crippen LogP contribution in [0.2, 0.25) is 0 Å². The highest BCUT2D eigenvalue weighted by Crippen LogP contribution is 2.21. The number of benzene rings is 2. The molecule has 0 aromatic heterocycles. The summed E-state index contributed by atoms with van der Waals surface area (Å²) in [7, 11) is 0. The summed E-state index contributed by atoms with van der Waals surface area (Å²) in [6.45, 7) is 1.87. The molecule has 0 aliphatic carbocycles. The van der Waals surface area contributed by atoms with Gasteiger partial charge in [-0.1, -0.05) is 29.8 Å². The second kappa shape index (κ2) is 9.38. The molecular formula is C21H20N2O5S. The van der Waals surface area contributed by atoms with Crippen LogP contribution in [-0.4, -0.2) is 53.2 Å². The molecule has 0 radical (unpaired) electrons. The molecule has 2 aromatic rings. The molecule has 1 heterocycles. The number of aryl methyl sites for hydroxylation is 1. The van der Waals surface area contributed by atoms with Gasteiger partial charge in [0.05, 0.1) is 29.2 Å². The van der Waals surface area contributed by atoms with Crippen LogP contribution in [0.25, 0.3) is 0 Å². The molecule has 8 heteroatoms. The molecule has 150 valence electrons. The van der Waals surface area contributed by atoms with E-state index >= 15 is 0 Å². The number of esters is 1. The summed E-state index contributed by atoms with van der Waals surface area (Å²) >= 11 is 1.13. The number of nitrogens with zero attached hydrogens (tertiary/aromatic N) is 1. The van der Waals surface area contributed by atoms with Gasteiger partial charge in [-0.3, -0.25) is 24.1 Å². The fraction of sp³-hybridized carbons (Fsp3) is 0.238. The van der Waals surface area contributed by atoms with Gasteiger partial charge < -0.3 is 10.1 Å². The lowest BCUT2D eigenvalue weighted by Gasteiger charge is -2.13. The zero-order valence-electron chi connectivity index (χ0n) is 15.8. The molecule has 3 amide bonds. The Morgan fingerprint density at radius 3 is 2.21 bits per heavy atom. The maximum atomic E-state index is 12.2. The van der Waals surface area contributed by atoms with Gasteiger partial charge >= 0.3 is 5.97 Å². The van der Waals surface area contributed by atoms with Crippen molar-refractivity contribution >= 4 is 41.1 Å². The Labute approximate surface area is 172 Å². The van der Waals surface area contributed by atoms with Crippen molar-refractivity contribution in [1.82, 2.24) is 4.90 Å². The summed E-state index contributed by atoms with van der Waals surface area (Å²) in [5.41, 5.74) is 2.52. The molecule has 29 heavy (non-hydrogen) atoms. The summed E-state index contributed by atoms with van der Waals surface area (Å²) in [4.78, 5) is 49.2. The van der Waals surface area contributed by atoms with Gasteiger partial charge in [0.25, 0.3) is 11.8 Å². The summed E-state index contributed by atoms with van der Waals surface area (Å²) in [5.74, 6) is -1.37. The molecular weight excluding hydrogens is 392 g/mol. The van der Waals surface area contributed by atoms with Crippen molar-refractivity contribution in [3.63, 3.8) is 0 Å². The molecule has 1 aliphatic heterocycles. The number of hydrogen-bond acceptors (Lipinski definition) is 6. The van der Waals surface area contributed by atoms with Crippen molar-refractivity contribution in [3.8, 4) is 0 Å². The number of anilines is 1. The third-order valence-electron chi connectivity index (χ3n) is 4.24. The van der Waals surface area contributed by atoms with E-state index in [1.165, 1.54) is 0 Å². The first-order chi connectivity index (χ1) is 14.0. The largest absolute Gasteiger partial charge is 0.463 e. The van der Waals surface area contributed by atoms with Gasteiger partial charge in [-0.2, -0.15) is 0 Å². The number of imide groups is 1. The molecule has 2 aromatic carbocycles. The monoisotopic (exact) mass is 412 g/mol. The van der Waals surface area contributed by atoms with Gasteiger partial charge in [0.15, 0.2) is 0 Å². The minimum Gasteiger partial charge on any atom is -0.463 e. The first kappa shape index (κ1) is 20.6. The predicted molar refractivity (Wildman–Crippen MR) is 110 cm³/mol. The summed E-state index contributed by atoms with van der Waals surface area (Å²) in [5, 5.41) is 2.75. The number of hydrogen-bond donors (Lipinski definition) is 1. The van der Waals surface area contributed by atoms with Crippen molar-refractivity contribution in [3.05, 3.63) is 65.2 Å². The SMILES string of the molecule is Cc1ccc(NC(=O)CSCC(=O)OCCN2C(=O)c3ccccc3C2=O)cc1. The van der Waals surface area contributed by atoms with Crippen LogP contribution in [0, 0.1) is 6.92 Å². The fourth-order valence-electron chi connectivity index (χ4n) is 2.80. The number of amides is 3. The number of thioether (sulfide) groups is 1. The van der Waals surface area contributed by atoms with Crippen molar-refractivity contribution in [1.29, 1.82) is 0 Å². The molecule has 1 N–H and O–H groups in total. The lowest BCUT2D eigenvalue weighted by Crippen LogP contribution is -2.33. The van der Waals surface area contributed by atoms with Gasteiger partial charge in [-0.25, -0.2) is 0 Å². The van der Waals surface area contributed by atoms with Crippen molar-refractivity contribution in [2.75, 3.05) is 30.0 Å². The smallest absolute Gasteiger partial charge is 0.315 e. The van der Waals surface area contributed by atoms with Gasteiger partial charge in [0, 0.05) is 5.69 Å². The van der Waals surface area contributed by atoms with E-state index in [9.17, 15) is 19.2 Å². The van der Waals surface area contributed by atoms with Crippen LogP contribution >= 0.6 is 11.8 Å². The van der Waals surface area contributed by atoms with Crippen molar-refractivity contribution in [2.45, 2.75) is 6.92 Å². The average molecular weight is 412 g/mol. The highest BCUT2D eigenvalue weighted by molar-refractivity contribution is 8.00. The Hall–Kier alpha value is -3.13. The first-order valence-corrected chi connectivity index (χ1v) is 10.2. The molecule has 0 fully saturated rings. The number of nitrogens with one attached hydrogen (secondary N) is 1. The summed E-state index contributed by atoms with van der Waals surface area (Å²) in [6.07, 6.45) is 0. The summed E-state index contributed by atoms with van der Waals surface area (Å²) < 4.78 is 5.08. The third-order valence-corrected chi connectivity index (χ3v) is 5.15. The Morgan fingerprint density at radius 2 is 1.59 bits per heavy atom. The number of rotatable bonds is 8. The molecule has 0 bridgehead atoms. The lowest BCUT2D eigenvalue weighted by molar-refractivity contribution is -0.140. The second-order valence-corrected chi connectivity index (χ2v) is 7.42. The zero-order chi connectivity index (χ0) is 20.8. The summed E-state index contributed by atoms with van der Waals surface area (Å²) in [6, 6.07) is 14.0. The van der Waals surface area contributed by atoms with Gasteiger partial charge in [0.1, 0.15) is 6.61 Å². The maximum Gasteiger partial charge on any atom is 0.315 e. The van der Waals surface area contributed by atoms with Gasteiger partial charge in [0.2, 0.25) is 5.91 Å². The molecule has 7 nitrogen and oxygen atoms in total. The van der Waals surface area contributed by atoms with Crippen LogP contribution in [0.4, 0.5) is 5.69 Å². The van der Waals surface area contributed by atoms with E-state index in [1.807, 2.05) is 31.2 Å². The molecule has 0 unspecified atom stereocenters. The van der Waals surface area contributed by atoms with E-state index in [2.05, 4.69) is 5.32 Å². The third kappa shape index (κ3) is 5.23. The van der Waals surface area contributed by atoms with E-state index < -0.39 is 5.97 Å². The van der Waals surface area contributed by atoms with Crippen molar-refractivity contribution in [2.24, 2.45) is 0 Å². The fourth-order valence-corrected chi connectivity index (χ4v) is 3.41. The Kier molecular flexibility index (Phi) is 6.66. The van der Waals surface area contributed by atoms with Crippen LogP contribution in [0.5, 0.6) is 0 Å². The van der Waals surface area contributed by atoms with Gasteiger partial charge in [-0.15, -0.1) is 11.8 Å². The number of carbonyl (C=O) groups excluding carboxylic acids is 4. The molecule has 0 atom stereocenters. The number of ether oxygens (including phenoxy) is 1. The quantitative estimate of drug-likeness (QED) is 0.529. The van der Waals surface area contributed by atoms with E-state index in [0.29, 0.717) is 16.8 Å². The number of fused-ring (bicyclic) bond motifs is 1. The predicted octanol–water partition coefficient (Wildman–Crippen LogP) is 2.51. The van der Waals surface area contributed by atoms with Crippen LogP contribution in [-0.2, 0) is 14.3 Å². The standard InChI is InChI=1S/C21H20N2O5S/c1-14-6-8-15(9-7-14)22-18(24)12-29-13-19(25)28-11-10-23-20(26)16-4-2-3-5-17(16)21(23)27/h2-9H,10-13H2,1H3,(H,22,24). The number of carbonyl (C=O) groups is 4. The molecule has 3 rings (SSSR count). The van der Waals surface area contributed by atoms with E-state index in [-0.39, 0.29) is 42.4 Å². The molecule has 0 spiro atoms. The van der Waals surface area contributed by atoms with Gasteiger partial charge in [-0.05, 0) is 31.2 Å². The van der Waals surface area contributed by atoms with E-state index in [1.54, 1.807) is 24.3 Å². The average Bonchev–Trinajstić information content (AvgIpc) is 2.95. The minimum atomic E-state index is -0.505. The second-order valence-electron chi connectivity index (χ2n) is 6.43. The normalized spacial score (nSPS) is 12.7. The highest BCUT2D eigenvalue weighted by atomic mass is 32.2. The first-order valence-electron chi connectivity index (χ1n) is 9.01. The van der Waals surface area contributed by atoms with Crippen molar-refractivity contribution < 1.29 is 23.9 Å². The van der Waals surface area contributed by atoms with Crippen LogP contribution in [0.1, 0.15) is 26.3 Å². The zero-order valence-corrected chi connectivity index (χ0v) is 16.7. The van der Waals surface area contributed by atoms with E-state index in [4.69, 9.17) is 4.74 Å². The van der Waals surface area contributed by atoms with Crippen LogP contribution in [0.3, 0.4) is 0 Å². The van der Waals surface area contributed by atoms with Crippen LogP contribution < -0.4 is 5.32 Å². The Balaban J connectivity index is 1.34. The van der Waals surface area contributed by atoms with Crippen LogP contribution in [0.15, 0.2) is 48.5 Å².